The fourth-order valence-electron chi connectivity index (χ4n) is 3.38. The van der Waals surface area contributed by atoms with Gasteiger partial charge in [-0.05, 0) is 61.9 Å². The largest absolute Gasteiger partial charge is 0.366 e. The van der Waals surface area contributed by atoms with Gasteiger partial charge in [-0.1, -0.05) is 12.1 Å². The first-order valence-electron chi connectivity index (χ1n) is 8.72. The summed E-state index contributed by atoms with van der Waals surface area (Å²) in [5.41, 5.74) is 11.4. The minimum absolute atomic E-state index is 0.369. The Morgan fingerprint density at radius 3 is 2.56 bits per heavy atom. The van der Waals surface area contributed by atoms with Crippen molar-refractivity contribution in [3.8, 4) is 11.4 Å². The quantitative estimate of drug-likeness (QED) is 0.726. The Hall–Kier alpha value is -2.93. The topological polar surface area (TPSA) is 85.8 Å². The van der Waals surface area contributed by atoms with E-state index in [9.17, 15) is 4.79 Å². The lowest BCUT2D eigenvalue weighted by atomic mass is 9.99. The second-order valence-electron chi connectivity index (χ2n) is 6.90. The zero-order valence-corrected chi connectivity index (χ0v) is 16.5. The molecule has 1 atom stereocenters. The van der Waals surface area contributed by atoms with E-state index in [2.05, 4.69) is 36.3 Å². The summed E-state index contributed by atoms with van der Waals surface area (Å²) in [6.45, 7) is 8.03. The zero-order valence-electron chi connectivity index (χ0n) is 15.7. The van der Waals surface area contributed by atoms with Crippen LogP contribution in [0.5, 0.6) is 0 Å². The van der Waals surface area contributed by atoms with E-state index in [-0.39, 0.29) is 6.04 Å². The molecule has 3 aromatic rings. The van der Waals surface area contributed by atoms with E-state index in [4.69, 9.17) is 10.8 Å². The summed E-state index contributed by atoms with van der Waals surface area (Å²) in [5, 5.41) is 9.95. The normalized spacial score (nSPS) is 16.2. The Balaban J connectivity index is 1.89. The highest BCUT2D eigenvalue weighted by Gasteiger charge is 2.34. The molecule has 3 heterocycles. The Morgan fingerprint density at radius 2 is 1.93 bits per heavy atom. The minimum Gasteiger partial charge on any atom is -0.366 e. The monoisotopic (exact) mass is 379 g/mol. The van der Waals surface area contributed by atoms with E-state index in [1.807, 2.05) is 31.4 Å². The van der Waals surface area contributed by atoms with Gasteiger partial charge in [0, 0.05) is 16.1 Å². The van der Waals surface area contributed by atoms with E-state index in [1.165, 1.54) is 11.1 Å². The van der Waals surface area contributed by atoms with E-state index >= 15 is 0 Å². The smallest absolute Gasteiger partial charge is 0.248 e. The number of nitrogens with two attached hydrogens (primary N) is 1. The molecular weight excluding hydrogens is 358 g/mol. The number of anilines is 1. The fourth-order valence-corrected chi connectivity index (χ4v) is 4.40. The Labute approximate surface area is 161 Å². The number of fused-ring (bicyclic) bond motifs is 1. The third kappa shape index (κ3) is 2.84. The van der Waals surface area contributed by atoms with Crippen molar-refractivity contribution in [3.05, 3.63) is 62.5 Å². The number of amides is 1. The molecule has 7 heteroatoms. The molecule has 0 saturated carbocycles. The molecule has 1 aliphatic heterocycles. The van der Waals surface area contributed by atoms with Crippen LogP contribution >= 0.6 is 11.3 Å². The van der Waals surface area contributed by atoms with Crippen LogP contribution in [0.1, 0.15) is 34.5 Å². The number of nitrogens with one attached hydrogen (secondary N) is 1. The number of allylic oxidation sites excluding steroid dienone is 1. The van der Waals surface area contributed by atoms with Crippen molar-refractivity contribution in [2.45, 2.75) is 33.7 Å². The maximum absolute atomic E-state index is 12.2. The van der Waals surface area contributed by atoms with Gasteiger partial charge in [0.1, 0.15) is 6.04 Å². The van der Waals surface area contributed by atoms with Gasteiger partial charge in [0.2, 0.25) is 11.9 Å². The predicted molar refractivity (Wildman–Crippen MR) is 108 cm³/mol. The van der Waals surface area contributed by atoms with E-state index < -0.39 is 5.91 Å². The van der Waals surface area contributed by atoms with Gasteiger partial charge in [-0.3, -0.25) is 4.79 Å². The van der Waals surface area contributed by atoms with Crippen LogP contribution in [0, 0.1) is 20.8 Å². The van der Waals surface area contributed by atoms with Crippen molar-refractivity contribution in [1.29, 1.82) is 0 Å². The first-order chi connectivity index (χ1) is 12.9. The maximum atomic E-state index is 12.2. The molecule has 2 aromatic heterocycles. The molecule has 0 spiro atoms. The third-order valence-corrected chi connectivity index (χ3v) is 6.10. The number of benzene rings is 1. The van der Waals surface area contributed by atoms with Crippen LogP contribution in [0.3, 0.4) is 0 Å². The van der Waals surface area contributed by atoms with Crippen molar-refractivity contribution in [2.75, 3.05) is 5.32 Å². The number of primary amides is 1. The Kier molecular flexibility index (Phi) is 4.11. The summed E-state index contributed by atoms with van der Waals surface area (Å²) in [6.07, 6.45) is 0. The summed E-state index contributed by atoms with van der Waals surface area (Å²) in [4.78, 5) is 17.9. The van der Waals surface area contributed by atoms with Crippen LogP contribution in [0.2, 0.25) is 0 Å². The molecule has 27 heavy (non-hydrogen) atoms. The number of nitrogens with zero attached hydrogens (tertiary/aromatic N) is 3. The molecule has 1 aliphatic rings. The van der Waals surface area contributed by atoms with Gasteiger partial charge in [0.25, 0.3) is 0 Å². The number of carbonyl (C=O) groups excluding carboxylic acids is 1. The number of hydrogen-bond donors (Lipinski definition) is 2. The standard InChI is InChI=1S/C20H21N5OS/c1-10-5-6-14(9-12(10)3)19-23-20-22-13(4)15(18(21)26)16(25(20)24-19)17-11(2)7-8-27-17/h5-9,16H,1-4H3,(H2,21,26)(H,22,23,24). The second kappa shape index (κ2) is 6.35. The molecule has 0 aliphatic carbocycles. The van der Waals surface area contributed by atoms with Crippen LogP contribution in [0.25, 0.3) is 11.4 Å². The highest BCUT2D eigenvalue weighted by Crippen LogP contribution is 2.39. The maximum Gasteiger partial charge on any atom is 0.248 e. The van der Waals surface area contributed by atoms with Gasteiger partial charge in [-0.25, -0.2) is 4.68 Å². The third-order valence-electron chi connectivity index (χ3n) is 5.03. The molecule has 6 nitrogen and oxygen atoms in total. The van der Waals surface area contributed by atoms with Crippen molar-refractivity contribution in [2.24, 2.45) is 5.73 Å². The van der Waals surface area contributed by atoms with Crippen LogP contribution in [0.15, 0.2) is 40.9 Å². The minimum atomic E-state index is -0.452. The molecule has 0 fully saturated rings. The van der Waals surface area contributed by atoms with Gasteiger partial charge in [-0.2, -0.15) is 4.98 Å². The van der Waals surface area contributed by atoms with Gasteiger partial charge in [0.15, 0.2) is 5.82 Å². The summed E-state index contributed by atoms with van der Waals surface area (Å²) in [5.74, 6) is 0.786. The van der Waals surface area contributed by atoms with Crippen LogP contribution < -0.4 is 11.1 Å². The first-order valence-corrected chi connectivity index (χ1v) is 9.60. The molecular formula is C20H21N5OS. The highest BCUT2D eigenvalue weighted by atomic mass is 32.1. The van der Waals surface area contributed by atoms with Crippen LogP contribution in [-0.2, 0) is 4.79 Å². The number of aromatic nitrogens is 3. The Bertz CT molecular complexity index is 1090. The van der Waals surface area contributed by atoms with E-state index in [0.29, 0.717) is 23.0 Å². The molecule has 0 saturated heterocycles. The average molecular weight is 379 g/mol. The van der Waals surface area contributed by atoms with Crippen LogP contribution in [-0.4, -0.2) is 20.7 Å². The number of thiophene rings is 1. The average Bonchev–Trinajstić information content (AvgIpc) is 3.21. The number of hydrogen-bond acceptors (Lipinski definition) is 5. The summed E-state index contributed by atoms with van der Waals surface area (Å²) in [6, 6.07) is 7.84. The molecule has 1 unspecified atom stereocenters. The van der Waals surface area contributed by atoms with Crippen LogP contribution in [0.4, 0.5) is 5.95 Å². The van der Waals surface area contributed by atoms with Crippen molar-refractivity contribution in [1.82, 2.24) is 14.8 Å². The zero-order chi connectivity index (χ0) is 19.3. The summed E-state index contributed by atoms with van der Waals surface area (Å²) < 4.78 is 1.77. The van der Waals surface area contributed by atoms with Gasteiger partial charge in [0.05, 0.1) is 5.57 Å². The molecule has 138 valence electrons. The van der Waals surface area contributed by atoms with Crippen molar-refractivity contribution in [3.63, 3.8) is 0 Å². The number of aryl methyl sites for hydroxylation is 3. The predicted octanol–water partition coefficient (Wildman–Crippen LogP) is 3.71. The lowest BCUT2D eigenvalue weighted by Gasteiger charge is -2.27. The van der Waals surface area contributed by atoms with Crippen molar-refractivity contribution < 1.29 is 4.79 Å². The van der Waals surface area contributed by atoms with Gasteiger partial charge < -0.3 is 11.1 Å². The van der Waals surface area contributed by atoms with Crippen molar-refractivity contribution >= 4 is 23.2 Å². The lowest BCUT2D eigenvalue weighted by Crippen LogP contribution is -2.31. The second-order valence-corrected chi connectivity index (χ2v) is 7.85. The Morgan fingerprint density at radius 1 is 1.15 bits per heavy atom. The molecule has 1 amide bonds. The number of carbonyl (C=O) groups is 1. The first kappa shape index (κ1) is 17.5. The molecule has 0 radical (unpaired) electrons. The van der Waals surface area contributed by atoms with E-state index in [0.717, 1.165) is 16.0 Å². The summed E-state index contributed by atoms with van der Waals surface area (Å²) >= 11 is 1.59. The fraction of sp³-hybridized carbons (Fsp3) is 0.250. The highest BCUT2D eigenvalue weighted by molar-refractivity contribution is 7.10. The SMILES string of the molecule is CC1=C(C(N)=O)C(c2sccc2C)n2nc(-c3ccc(C)c(C)c3)nc2N1. The van der Waals surface area contributed by atoms with Gasteiger partial charge in [-0.15, -0.1) is 16.4 Å². The molecule has 4 rings (SSSR count). The molecule has 3 N–H and O–H groups in total. The summed E-state index contributed by atoms with van der Waals surface area (Å²) in [7, 11) is 0. The molecule has 0 bridgehead atoms. The van der Waals surface area contributed by atoms with Gasteiger partial charge >= 0.3 is 0 Å². The van der Waals surface area contributed by atoms with E-state index in [1.54, 1.807) is 16.0 Å². The lowest BCUT2D eigenvalue weighted by molar-refractivity contribution is -0.115. The molecule has 1 aromatic carbocycles. The number of rotatable bonds is 3.